The fraction of sp³-hybridized carbons (Fsp3) is 1.00. The highest BCUT2D eigenvalue weighted by atomic mass is 16.3. The van der Waals surface area contributed by atoms with Crippen molar-refractivity contribution in [3.63, 3.8) is 0 Å². The summed E-state index contributed by atoms with van der Waals surface area (Å²) in [6.07, 6.45) is 14.1. The Morgan fingerprint density at radius 1 is 0.938 bits per heavy atom. The van der Waals surface area contributed by atoms with E-state index in [0.29, 0.717) is 5.92 Å². The Balaban J connectivity index is 1.91. The highest BCUT2D eigenvalue weighted by molar-refractivity contribution is 4.91. The van der Waals surface area contributed by atoms with Crippen molar-refractivity contribution in [2.75, 3.05) is 0 Å². The normalized spacial score (nSPS) is 38.2. The van der Waals surface area contributed by atoms with Gasteiger partial charge in [-0.05, 0) is 50.4 Å². The molecule has 0 aliphatic heterocycles. The van der Waals surface area contributed by atoms with Gasteiger partial charge in [0.15, 0.2) is 0 Å². The van der Waals surface area contributed by atoms with Crippen LogP contribution in [0.4, 0.5) is 0 Å². The van der Waals surface area contributed by atoms with Crippen LogP contribution in [0.3, 0.4) is 0 Å². The minimum absolute atomic E-state index is 0.282. The Labute approximate surface area is 101 Å². The molecule has 1 heteroatoms. The second-order valence-corrected chi connectivity index (χ2v) is 6.14. The van der Waals surface area contributed by atoms with Gasteiger partial charge < -0.3 is 5.11 Å². The Morgan fingerprint density at radius 2 is 1.50 bits per heavy atom. The molecule has 2 rings (SSSR count). The average molecular weight is 224 g/mol. The fourth-order valence-electron chi connectivity index (χ4n) is 3.81. The largest absolute Gasteiger partial charge is 0.390 e. The number of rotatable bonds is 2. The molecule has 2 fully saturated rings. The third-order valence-corrected chi connectivity index (χ3v) is 5.16. The molecule has 0 radical (unpaired) electrons. The molecule has 1 nitrogen and oxygen atoms in total. The van der Waals surface area contributed by atoms with Crippen LogP contribution in [0.5, 0.6) is 0 Å². The summed E-state index contributed by atoms with van der Waals surface area (Å²) in [5.74, 6) is 1.51. The van der Waals surface area contributed by atoms with Gasteiger partial charge in [0, 0.05) is 0 Å². The van der Waals surface area contributed by atoms with E-state index in [1.54, 1.807) is 0 Å². The molecule has 0 aromatic heterocycles. The zero-order chi connectivity index (χ0) is 11.4. The van der Waals surface area contributed by atoms with E-state index in [1.165, 1.54) is 57.8 Å². The lowest BCUT2D eigenvalue weighted by Crippen LogP contribution is -2.41. The van der Waals surface area contributed by atoms with Gasteiger partial charge in [0.25, 0.3) is 0 Å². The topological polar surface area (TPSA) is 20.2 Å². The van der Waals surface area contributed by atoms with Crippen LogP contribution in [-0.4, -0.2) is 10.7 Å². The van der Waals surface area contributed by atoms with Gasteiger partial charge in [-0.2, -0.15) is 0 Å². The summed E-state index contributed by atoms with van der Waals surface area (Å²) in [5, 5.41) is 10.8. The lowest BCUT2D eigenvalue weighted by molar-refractivity contribution is -0.0643. The fourth-order valence-corrected chi connectivity index (χ4v) is 3.81. The van der Waals surface area contributed by atoms with Gasteiger partial charge in [0.1, 0.15) is 0 Å². The predicted octanol–water partition coefficient (Wildman–Crippen LogP) is 4.29. The van der Waals surface area contributed by atoms with Crippen molar-refractivity contribution < 1.29 is 5.11 Å². The number of hydrogen-bond acceptors (Lipinski definition) is 1. The highest BCUT2D eigenvalue weighted by Crippen LogP contribution is 2.43. The molecule has 0 atom stereocenters. The Bertz CT molecular complexity index is 195. The lowest BCUT2D eigenvalue weighted by atomic mass is 9.69. The van der Waals surface area contributed by atoms with Crippen LogP contribution in [0.25, 0.3) is 0 Å². The van der Waals surface area contributed by atoms with Crippen molar-refractivity contribution in [3.05, 3.63) is 0 Å². The standard InChI is InChI=1S/C15H28O/c1-2-13-9-11-15(16,12-10-13)14-7-5-3-4-6-8-14/h13-14,16H,2-12H2,1H3. The molecule has 0 amide bonds. The molecule has 2 aliphatic rings. The molecule has 0 saturated heterocycles. The van der Waals surface area contributed by atoms with Crippen LogP contribution >= 0.6 is 0 Å². The van der Waals surface area contributed by atoms with Crippen LogP contribution < -0.4 is 0 Å². The highest BCUT2D eigenvalue weighted by Gasteiger charge is 2.39. The maximum absolute atomic E-state index is 10.8. The summed E-state index contributed by atoms with van der Waals surface area (Å²) in [4.78, 5) is 0. The van der Waals surface area contributed by atoms with E-state index in [0.717, 1.165) is 18.8 Å². The van der Waals surface area contributed by atoms with Crippen molar-refractivity contribution in [1.29, 1.82) is 0 Å². The quantitative estimate of drug-likeness (QED) is 0.694. The summed E-state index contributed by atoms with van der Waals surface area (Å²) in [6, 6.07) is 0. The van der Waals surface area contributed by atoms with Crippen LogP contribution in [-0.2, 0) is 0 Å². The molecule has 94 valence electrons. The molecule has 0 aromatic carbocycles. The van der Waals surface area contributed by atoms with E-state index in [9.17, 15) is 5.11 Å². The first-order valence-corrected chi connectivity index (χ1v) is 7.47. The van der Waals surface area contributed by atoms with Crippen molar-refractivity contribution in [2.24, 2.45) is 11.8 Å². The number of aliphatic hydroxyl groups is 1. The summed E-state index contributed by atoms with van der Waals surface area (Å²) in [5.41, 5.74) is -0.282. The first-order valence-electron chi connectivity index (χ1n) is 7.47. The molecule has 16 heavy (non-hydrogen) atoms. The van der Waals surface area contributed by atoms with Crippen molar-refractivity contribution in [2.45, 2.75) is 83.2 Å². The molecule has 0 unspecified atom stereocenters. The zero-order valence-corrected chi connectivity index (χ0v) is 10.9. The molecule has 0 spiro atoms. The van der Waals surface area contributed by atoms with Crippen molar-refractivity contribution in [3.8, 4) is 0 Å². The molecule has 0 bridgehead atoms. The second kappa shape index (κ2) is 5.53. The van der Waals surface area contributed by atoms with Gasteiger partial charge in [-0.25, -0.2) is 0 Å². The molecular weight excluding hydrogens is 196 g/mol. The first kappa shape index (κ1) is 12.4. The van der Waals surface area contributed by atoms with E-state index < -0.39 is 0 Å². The molecule has 2 aliphatic carbocycles. The molecule has 2 saturated carbocycles. The van der Waals surface area contributed by atoms with E-state index in [4.69, 9.17) is 0 Å². The Kier molecular flexibility index (Phi) is 4.29. The van der Waals surface area contributed by atoms with E-state index in [-0.39, 0.29) is 5.60 Å². The van der Waals surface area contributed by atoms with Gasteiger partial charge in [-0.3, -0.25) is 0 Å². The van der Waals surface area contributed by atoms with Gasteiger partial charge in [0.05, 0.1) is 5.60 Å². The SMILES string of the molecule is CCC1CCC(O)(C2CCCCCC2)CC1. The maximum atomic E-state index is 10.8. The minimum Gasteiger partial charge on any atom is -0.390 e. The van der Waals surface area contributed by atoms with Gasteiger partial charge in [0.2, 0.25) is 0 Å². The molecule has 1 N–H and O–H groups in total. The maximum Gasteiger partial charge on any atom is 0.0676 e. The average Bonchev–Trinajstić information content (AvgIpc) is 2.59. The minimum atomic E-state index is -0.282. The zero-order valence-electron chi connectivity index (χ0n) is 10.9. The first-order chi connectivity index (χ1) is 7.74. The van der Waals surface area contributed by atoms with Crippen LogP contribution in [0, 0.1) is 11.8 Å². The van der Waals surface area contributed by atoms with E-state index in [1.807, 2.05) is 0 Å². The van der Waals surface area contributed by atoms with Crippen molar-refractivity contribution >= 4 is 0 Å². The van der Waals surface area contributed by atoms with Crippen LogP contribution in [0.2, 0.25) is 0 Å². The van der Waals surface area contributed by atoms with E-state index >= 15 is 0 Å². The Hall–Kier alpha value is -0.0400. The third-order valence-electron chi connectivity index (χ3n) is 5.16. The molecule has 0 heterocycles. The summed E-state index contributed by atoms with van der Waals surface area (Å²) in [6.45, 7) is 2.29. The number of hydrogen-bond donors (Lipinski definition) is 1. The van der Waals surface area contributed by atoms with Crippen LogP contribution in [0.1, 0.15) is 77.6 Å². The summed E-state index contributed by atoms with van der Waals surface area (Å²) < 4.78 is 0. The smallest absolute Gasteiger partial charge is 0.0676 e. The lowest BCUT2D eigenvalue weighted by Gasteiger charge is -2.41. The monoisotopic (exact) mass is 224 g/mol. The molecule has 0 aromatic rings. The van der Waals surface area contributed by atoms with E-state index in [2.05, 4.69) is 6.92 Å². The Morgan fingerprint density at radius 3 is 2.00 bits per heavy atom. The van der Waals surface area contributed by atoms with Gasteiger partial charge in [-0.1, -0.05) is 39.0 Å². The molecular formula is C15H28O. The van der Waals surface area contributed by atoms with Crippen LogP contribution in [0.15, 0.2) is 0 Å². The van der Waals surface area contributed by atoms with Gasteiger partial charge >= 0.3 is 0 Å². The summed E-state index contributed by atoms with van der Waals surface area (Å²) >= 11 is 0. The second-order valence-electron chi connectivity index (χ2n) is 6.14. The summed E-state index contributed by atoms with van der Waals surface area (Å²) in [7, 11) is 0. The predicted molar refractivity (Wildman–Crippen MR) is 68.4 cm³/mol. The van der Waals surface area contributed by atoms with Gasteiger partial charge in [-0.15, -0.1) is 0 Å². The third kappa shape index (κ3) is 2.80. The van der Waals surface area contributed by atoms with Crippen molar-refractivity contribution in [1.82, 2.24) is 0 Å².